The van der Waals surface area contributed by atoms with Gasteiger partial charge in [-0.15, -0.1) is 11.8 Å². The third kappa shape index (κ3) is 5.13. The molecule has 6 heteroatoms. The molecule has 0 atom stereocenters. The number of anilines is 1. The molecule has 3 nitrogen and oxygen atoms in total. The lowest BCUT2D eigenvalue weighted by Gasteiger charge is -2.08. The molecule has 0 bridgehead atoms. The fourth-order valence-electron chi connectivity index (χ4n) is 1.73. The highest BCUT2D eigenvalue weighted by Crippen LogP contribution is 2.29. The summed E-state index contributed by atoms with van der Waals surface area (Å²) in [4.78, 5) is 12.7. The number of amides is 1. The summed E-state index contributed by atoms with van der Waals surface area (Å²) in [6.45, 7) is 2.54. The maximum Gasteiger partial charge on any atom is 0.234 e. The van der Waals surface area contributed by atoms with Crippen LogP contribution in [0.15, 0.2) is 47.4 Å². The van der Waals surface area contributed by atoms with Gasteiger partial charge in [-0.25, -0.2) is 0 Å². The molecule has 0 aliphatic rings. The van der Waals surface area contributed by atoms with Gasteiger partial charge in [-0.3, -0.25) is 4.79 Å². The predicted octanol–water partition coefficient (Wildman–Crippen LogP) is 5.12. The van der Waals surface area contributed by atoms with Crippen molar-refractivity contribution in [3.05, 3.63) is 52.5 Å². The molecule has 116 valence electrons. The van der Waals surface area contributed by atoms with E-state index >= 15 is 0 Å². The summed E-state index contributed by atoms with van der Waals surface area (Å²) in [5.74, 6) is 0.929. The Morgan fingerprint density at radius 1 is 1.18 bits per heavy atom. The molecular weight excluding hydrogens is 341 g/mol. The Hall–Kier alpha value is -1.36. The van der Waals surface area contributed by atoms with Crippen molar-refractivity contribution in [3.63, 3.8) is 0 Å². The smallest absolute Gasteiger partial charge is 0.234 e. The molecule has 1 N–H and O–H groups in total. The van der Waals surface area contributed by atoms with Crippen molar-refractivity contribution >= 4 is 46.6 Å². The van der Waals surface area contributed by atoms with E-state index < -0.39 is 0 Å². The first-order chi connectivity index (χ1) is 10.6. The fourth-order valence-corrected chi connectivity index (χ4v) is 3.02. The molecule has 0 aliphatic carbocycles. The van der Waals surface area contributed by atoms with E-state index in [0.29, 0.717) is 16.7 Å². The first-order valence-corrected chi connectivity index (χ1v) is 8.43. The molecule has 2 rings (SSSR count). The topological polar surface area (TPSA) is 38.3 Å². The second-order valence-corrected chi connectivity index (χ2v) is 6.23. The molecule has 0 radical (unpaired) electrons. The third-order valence-electron chi connectivity index (χ3n) is 2.70. The minimum atomic E-state index is -0.106. The van der Waals surface area contributed by atoms with Gasteiger partial charge in [-0.05, 0) is 49.4 Å². The number of hydrogen-bond donors (Lipinski definition) is 1. The van der Waals surface area contributed by atoms with Crippen LogP contribution >= 0.6 is 35.0 Å². The van der Waals surface area contributed by atoms with E-state index in [1.165, 1.54) is 11.8 Å². The minimum Gasteiger partial charge on any atom is -0.494 e. The van der Waals surface area contributed by atoms with E-state index in [0.717, 1.165) is 16.3 Å². The highest BCUT2D eigenvalue weighted by molar-refractivity contribution is 8.00. The number of carbonyl (C=O) groups is 1. The van der Waals surface area contributed by atoms with Gasteiger partial charge >= 0.3 is 0 Å². The van der Waals surface area contributed by atoms with Crippen molar-refractivity contribution in [2.75, 3.05) is 17.7 Å². The van der Waals surface area contributed by atoms with Crippen LogP contribution in [-0.2, 0) is 4.79 Å². The van der Waals surface area contributed by atoms with Crippen molar-refractivity contribution in [3.8, 4) is 5.75 Å². The van der Waals surface area contributed by atoms with Crippen LogP contribution in [0.3, 0.4) is 0 Å². The quantitative estimate of drug-likeness (QED) is 0.730. The van der Waals surface area contributed by atoms with E-state index in [1.54, 1.807) is 30.3 Å². The van der Waals surface area contributed by atoms with Crippen LogP contribution in [0.4, 0.5) is 5.69 Å². The molecule has 0 saturated heterocycles. The Balaban J connectivity index is 1.88. The molecule has 2 aromatic carbocycles. The van der Waals surface area contributed by atoms with Crippen molar-refractivity contribution < 1.29 is 9.53 Å². The summed E-state index contributed by atoms with van der Waals surface area (Å²) >= 11 is 13.3. The number of thioether (sulfide) groups is 1. The number of ether oxygens (including phenoxy) is 1. The summed E-state index contributed by atoms with van der Waals surface area (Å²) in [5, 5.41) is 4.01. The van der Waals surface area contributed by atoms with Crippen molar-refractivity contribution in [1.82, 2.24) is 0 Å². The number of carbonyl (C=O) groups excluding carboxylic acids is 1. The molecule has 1 amide bonds. The van der Waals surface area contributed by atoms with Crippen molar-refractivity contribution in [2.24, 2.45) is 0 Å². The van der Waals surface area contributed by atoms with Crippen LogP contribution in [0.1, 0.15) is 6.92 Å². The van der Waals surface area contributed by atoms with Crippen LogP contribution in [-0.4, -0.2) is 18.3 Å². The Morgan fingerprint density at radius 2 is 1.91 bits per heavy atom. The average Bonchev–Trinajstić information content (AvgIpc) is 2.50. The van der Waals surface area contributed by atoms with Gasteiger partial charge in [0.2, 0.25) is 5.91 Å². The summed E-state index contributed by atoms with van der Waals surface area (Å²) in [5.41, 5.74) is 0.728. The Kier molecular flexibility index (Phi) is 6.43. The number of rotatable bonds is 6. The van der Waals surface area contributed by atoms with Gasteiger partial charge in [-0.2, -0.15) is 0 Å². The van der Waals surface area contributed by atoms with Gasteiger partial charge in [0.25, 0.3) is 0 Å². The Morgan fingerprint density at radius 3 is 2.59 bits per heavy atom. The molecule has 0 spiro atoms. The largest absolute Gasteiger partial charge is 0.494 e. The molecule has 0 aliphatic heterocycles. The lowest BCUT2D eigenvalue weighted by Crippen LogP contribution is -2.13. The number of halogens is 2. The molecule has 0 unspecified atom stereocenters. The van der Waals surface area contributed by atoms with Crippen molar-refractivity contribution in [1.29, 1.82) is 0 Å². The Bertz CT molecular complexity index is 647. The van der Waals surface area contributed by atoms with E-state index in [4.69, 9.17) is 27.9 Å². The average molecular weight is 356 g/mol. The number of hydrogen-bond acceptors (Lipinski definition) is 3. The molecule has 2 aromatic rings. The highest BCUT2D eigenvalue weighted by Gasteiger charge is 2.07. The Labute approximate surface area is 144 Å². The van der Waals surface area contributed by atoms with Crippen LogP contribution in [0, 0.1) is 0 Å². The zero-order valence-electron chi connectivity index (χ0n) is 11.9. The second-order valence-electron chi connectivity index (χ2n) is 4.37. The highest BCUT2D eigenvalue weighted by atomic mass is 35.5. The lowest BCUT2D eigenvalue weighted by molar-refractivity contribution is -0.113. The monoisotopic (exact) mass is 355 g/mol. The van der Waals surface area contributed by atoms with E-state index in [2.05, 4.69) is 5.32 Å². The van der Waals surface area contributed by atoms with Gasteiger partial charge in [-0.1, -0.05) is 23.2 Å². The normalized spacial score (nSPS) is 10.3. The zero-order chi connectivity index (χ0) is 15.9. The van der Waals surface area contributed by atoms with Gasteiger partial charge in [0.15, 0.2) is 0 Å². The van der Waals surface area contributed by atoms with Gasteiger partial charge in [0, 0.05) is 15.6 Å². The summed E-state index contributed by atoms with van der Waals surface area (Å²) in [7, 11) is 0. The van der Waals surface area contributed by atoms with Crippen LogP contribution in [0.5, 0.6) is 5.75 Å². The second kappa shape index (κ2) is 8.32. The first kappa shape index (κ1) is 17.0. The van der Waals surface area contributed by atoms with Crippen LogP contribution < -0.4 is 10.1 Å². The lowest BCUT2D eigenvalue weighted by atomic mass is 10.3. The van der Waals surface area contributed by atoms with E-state index in [1.807, 2.05) is 19.1 Å². The number of benzene rings is 2. The standard InChI is InChI=1S/C16H15Cl2NO2S/c1-2-21-13-6-4-12(5-7-13)19-16(20)10-22-15-9-11(17)3-8-14(15)18/h3-9H,2,10H2,1H3,(H,19,20). The predicted molar refractivity (Wildman–Crippen MR) is 93.4 cm³/mol. The van der Waals surface area contributed by atoms with Gasteiger partial charge in [0.05, 0.1) is 17.4 Å². The summed E-state index contributed by atoms with van der Waals surface area (Å²) < 4.78 is 5.35. The van der Waals surface area contributed by atoms with Crippen molar-refractivity contribution in [2.45, 2.75) is 11.8 Å². The number of nitrogens with one attached hydrogen (secondary N) is 1. The first-order valence-electron chi connectivity index (χ1n) is 6.69. The maximum atomic E-state index is 12.0. The maximum absolute atomic E-state index is 12.0. The van der Waals surface area contributed by atoms with Crippen LogP contribution in [0.2, 0.25) is 10.0 Å². The molecule has 0 heterocycles. The van der Waals surface area contributed by atoms with Crippen LogP contribution in [0.25, 0.3) is 0 Å². The molecule has 0 saturated carbocycles. The minimum absolute atomic E-state index is 0.106. The van der Waals surface area contributed by atoms with Gasteiger partial charge in [0.1, 0.15) is 5.75 Å². The molecule has 0 fully saturated rings. The SMILES string of the molecule is CCOc1ccc(NC(=O)CSc2cc(Cl)ccc2Cl)cc1. The third-order valence-corrected chi connectivity index (χ3v) is 4.43. The van der Waals surface area contributed by atoms with E-state index in [-0.39, 0.29) is 11.7 Å². The van der Waals surface area contributed by atoms with Gasteiger partial charge < -0.3 is 10.1 Å². The summed E-state index contributed by atoms with van der Waals surface area (Å²) in [6.07, 6.45) is 0. The molecule has 0 aromatic heterocycles. The van der Waals surface area contributed by atoms with E-state index in [9.17, 15) is 4.79 Å². The summed E-state index contributed by atoms with van der Waals surface area (Å²) in [6, 6.07) is 12.4. The molecule has 22 heavy (non-hydrogen) atoms. The zero-order valence-corrected chi connectivity index (χ0v) is 14.3. The molecular formula is C16H15Cl2NO2S. The fraction of sp³-hybridized carbons (Fsp3) is 0.188.